The average molecular weight is 404 g/mol. The van der Waals surface area contributed by atoms with Crippen LogP contribution in [0.15, 0.2) is 48.8 Å². The number of carbonyl (C=O) groups excluding carboxylic acids is 1. The van der Waals surface area contributed by atoms with Gasteiger partial charge in [-0.3, -0.25) is 9.52 Å². The van der Waals surface area contributed by atoms with Crippen LogP contribution in [0, 0.1) is 11.7 Å². The highest BCUT2D eigenvalue weighted by atomic mass is 32.2. The third-order valence-corrected chi connectivity index (χ3v) is 4.80. The highest BCUT2D eigenvalue weighted by molar-refractivity contribution is 7.92. The summed E-state index contributed by atoms with van der Waals surface area (Å²) in [6.45, 7) is 3.83. The van der Waals surface area contributed by atoms with Gasteiger partial charge in [0.15, 0.2) is 0 Å². The van der Waals surface area contributed by atoms with Crippen molar-refractivity contribution in [1.82, 2.24) is 9.55 Å². The van der Waals surface area contributed by atoms with E-state index in [0.717, 1.165) is 23.4 Å². The molecular weight excluding hydrogens is 383 g/mol. The molecule has 7 nitrogen and oxygen atoms in total. The maximum absolute atomic E-state index is 13.9. The van der Waals surface area contributed by atoms with Crippen LogP contribution < -0.4 is 10.0 Å². The van der Waals surface area contributed by atoms with Crippen molar-refractivity contribution in [2.45, 2.75) is 19.9 Å². The first-order valence-electron chi connectivity index (χ1n) is 8.65. The van der Waals surface area contributed by atoms with Gasteiger partial charge in [-0.2, -0.15) is 0 Å². The van der Waals surface area contributed by atoms with Gasteiger partial charge in [0.2, 0.25) is 15.9 Å². The van der Waals surface area contributed by atoms with E-state index in [1.807, 2.05) is 38.1 Å². The van der Waals surface area contributed by atoms with Crippen molar-refractivity contribution in [2.75, 3.05) is 16.3 Å². The molecule has 0 spiro atoms. The lowest BCUT2D eigenvalue weighted by Crippen LogP contribution is -2.29. The fourth-order valence-electron chi connectivity index (χ4n) is 3.05. The van der Waals surface area contributed by atoms with Crippen molar-refractivity contribution in [3.8, 4) is 0 Å². The molecule has 1 atom stereocenters. The Balaban J connectivity index is 1.91. The maximum Gasteiger partial charge on any atom is 0.247 e. The quantitative estimate of drug-likeness (QED) is 0.659. The second kappa shape index (κ2) is 7.59. The fourth-order valence-corrected chi connectivity index (χ4v) is 3.60. The number of carbonyl (C=O) groups is 1. The number of halogens is 1. The van der Waals surface area contributed by atoms with E-state index in [9.17, 15) is 17.6 Å². The lowest BCUT2D eigenvalue weighted by atomic mass is 10.0. The Bertz CT molecular complexity index is 1130. The number of amides is 1. The van der Waals surface area contributed by atoms with Crippen LogP contribution in [-0.2, 0) is 14.8 Å². The molecule has 1 aromatic heterocycles. The molecular formula is C19H21FN4O3S. The van der Waals surface area contributed by atoms with E-state index in [0.29, 0.717) is 0 Å². The minimum Gasteiger partial charge on any atom is -0.324 e. The van der Waals surface area contributed by atoms with Crippen molar-refractivity contribution < 1.29 is 17.6 Å². The predicted molar refractivity (Wildman–Crippen MR) is 107 cm³/mol. The molecule has 0 bridgehead atoms. The molecule has 0 aliphatic heterocycles. The first kappa shape index (κ1) is 19.8. The van der Waals surface area contributed by atoms with E-state index in [-0.39, 0.29) is 23.2 Å². The van der Waals surface area contributed by atoms with Crippen LogP contribution in [0.2, 0.25) is 0 Å². The zero-order chi connectivity index (χ0) is 20.5. The van der Waals surface area contributed by atoms with E-state index in [4.69, 9.17) is 0 Å². The van der Waals surface area contributed by atoms with Gasteiger partial charge < -0.3 is 9.88 Å². The summed E-state index contributed by atoms with van der Waals surface area (Å²) in [5.74, 6) is -1.09. The molecule has 148 valence electrons. The summed E-state index contributed by atoms with van der Waals surface area (Å²) in [4.78, 5) is 17.3. The SMILES string of the molecule is CC(C)C(C(=O)Nc1ccc(F)c(NS(C)(=O)=O)c1)n1cnc2ccccc21. The van der Waals surface area contributed by atoms with Crippen molar-refractivity contribution in [1.29, 1.82) is 0 Å². The molecule has 2 N–H and O–H groups in total. The number of nitrogens with one attached hydrogen (secondary N) is 2. The number of sulfonamides is 1. The third kappa shape index (κ3) is 4.30. The average Bonchev–Trinajstić information content (AvgIpc) is 3.00. The van der Waals surface area contributed by atoms with E-state index in [2.05, 4.69) is 15.0 Å². The van der Waals surface area contributed by atoms with Gasteiger partial charge in [-0.25, -0.2) is 17.8 Å². The monoisotopic (exact) mass is 404 g/mol. The number of hydrogen-bond acceptors (Lipinski definition) is 4. The molecule has 0 radical (unpaired) electrons. The largest absolute Gasteiger partial charge is 0.324 e. The van der Waals surface area contributed by atoms with Gasteiger partial charge in [0, 0.05) is 5.69 Å². The molecule has 0 aliphatic carbocycles. The van der Waals surface area contributed by atoms with Crippen LogP contribution in [0.25, 0.3) is 11.0 Å². The van der Waals surface area contributed by atoms with E-state index in [1.54, 1.807) is 10.9 Å². The second-order valence-electron chi connectivity index (χ2n) is 6.89. The van der Waals surface area contributed by atoms with Crippen molar-refractivity contribution in [3.63, 3.8) is 0 Å². The minimum atomic E-state index is -3.65. The zero-order valence-electron chi connectivity index (χ0n) is 15.7. The molecule has 3 rings (SSSR count). The van der Waals surface area contributed by atoms with Gasteiger partial charge in [-0.15, -0.1) is 0 Å². The Labute approximate surface area is 162 Å². The summed E-state index contributed by atoms with van der Waals surface area (Å²) in [5.41, 5.74) is 1.67. The van der Waals surface area contributed by atoms with Crippen LogP contribution in [0.3, 0.4) is 0 Å². The first-order chi connectivity index (χ1) is 13.2. The summed E-state index contributed by atoms with van der Waals surface area (Å²) in [6.07, 6.45) is 2.55. The van der Waals surface area contributed by atoms with Crippen LogP contribution >= 0.6 is 0 Å². The number of fused-ring (bicyclic) bond motifs is 1. The molecule has 0 fully saturated rings. The molecule has 1 unspecified atom stereocenters. The van der Waals surface area contributed by atoms with E-state index in [1.165, 1.54) is 12.1 Å². The molecule has 0 aliphatic rings. The molecule has 0 saturated heterocycles. The van der Waals surface area contributed by atoms with Crippen molar-refractivity contribution >= 4 is 38.3 Å². The fraction of sp³-hybridized carbons (Fsp3) is 0.263. The lowest BCUT2D eigenvalue weighted by molar-refractivity contribution is -0.120. The van der Waals surface area contributed by atoms with Crippen LogP contribution in [-0.4, -0.2) is 30.1 Å². The van der Waals surface area contributed by atoms with Gasteiger partial charge in [0.05, 0.1) is 29.3 Å². The Kier molecular flexibility index (Phi) is 5.37. The number of hydrogen-bond donors (Lipinski definition) is 2. The van der Waals surface area contributed by atoms with Crippen molar-refractivity contribution in [3.05, 3.63) is 54.6 Å². The number of benzene rings is 2. The van der Waals surface area contributed by atoms with Gasteiger partial charge in [0.1, 0.15) is 11.9 Å². The van der Waals surface area contributed by atoms with Crippen molar-refractivity contribution in [2.24, 2.45) is 5.92 Å². The summed E-state index contributed by atoms with van der Waals surface area (Å²) < 4.78 is 40.5. The Hall–Kier alpha value is -2.94. The molecule has 2 aromatic carbocycles. The number of rotatable bonds is 6. The molecule has 0 saturated carbocycles. The first-order valence-corrected chi connectivity index (χ1v) is 10.5. The topological polar surface area (TPSA) is 93.1 Å². The van der Waals surface area contributed by atoms with Gasteiger partial charge in [0.25, 0.3) is 0 Å². The number of imidazole rings is 1. The highest BCUT2D eigenvalue weighted by Crippen LogP contribution is 2.26. The standard InChI is InChI=1S/C19H21FN4O3S/c1-12(2)18(24-11-21-15-6-4-5-7-17(15)24)19(25)22-13-8-9-14(20)16(10-13)23-28(3,26)27/h4-12,18,23H,1-3H3,(H,22,25). The number of nitrogens with zero attached hydrogens (tertiary/aromatic N) is 2. The van der Waals surface area contributed by atoms with Gasteiger partial charge in [-0.05, 0) is 36.2 Å². The Morgan fingerprint density at radius 1 is 1.18 bits per heavy atom. The summed E-state index contributed by atoms with van der Waals surface area (Å²) in [5, 5.41) is 2.74. The summed E-state index contributed by atoms with van der Waals surface area (Å²) >= 11 is 0. The van der Waals surface area contributed by atoms with Gasteiger partial charge in [-0.1, -0.05) is 26.0 Å². The van der Waals surface area contributed by atoms with Gasteiger partial charge >= 0.3 is 0 Å². The van der Waals surface area contributed by atoms with Crippen LogP contribution in [0.1, 0.15) is 19.9 Å². The minimum absolute atomic E-state index is 0.0494. The molecule has 1 heterocycles. The predicted octanol–water partition coefficient (Wildman–Crippen LogP) is 3.38. The van der Waals surface area contributed by atoms with E-state index < -0.39 is 21.9 Å². The lowest BCUT2D eigenvalue weighted by Gasteiger charge is -2.22. The number of para-hydroxylation sites is 2. The maximum atomic E-state index is 13.9. The normalized spacial score (nSPS) is 12.9. The molecule has 1 amide bonds. The van der Waals surface area contributed by atoms with Crippen LogP contribution in [0.4, 0.5) is 15.8 Å². The smallest absolute Gasteiger partial charge is 0.247 e. The Morgan fingerprint density at radius 3 is 2.57 bits per heavy atom. The number of anilines is 2. The molecule has 3 aromatic rings. The molecule has 28 heavy (non-hydrogen) atoms. The Morgan fingerprint density at radius 2 is 1.89 bits per heavy atom. The summed E-state index contributed by atoms with van der Waals surface area (Å²) in [7, 11) is -3.65. The zero-order valence-corrected chi connectivity index (χ0v) is 16.5. The second-order valence-corrected chi connectivity index (χ2v) is 8.64. The third-order valence-electron chi connectivity index (χ3n) is 4.21. The number of aromatic nitrogens is 2. The highest BCUT2D eigenvalue weighted by Gasteiger charge is 2.26. The summed E-state index contributed by atoms with van der Waals surface area (Å²) in [6, 6.07) is 10.7. The van der Waals surface area contributed by atoms with Crippen LogP contribution in [0.5, 0.6) is 0 Å². The molecule has 9 heteroatoms. The van der Waals surface area contributed by atoms with E-state index >= 15 is 0 Å².